The highest BCUT2D eigenvalue weighted by molar-refractivity contribution is 7.89. The normalized spacial score (nSPS) is 18.2. The third kappa shape index (κ3) is 6.35. The molecule has 0 aliphatic carbocycles. The number of nitrogens with zero attached hydrogens (tertiary/aromatic N) is 1. The molecule has 0 bridgehead atoms. The van der Waals surface area contributed by atoms with Crippen LogP contribution in [0.4, 0.5) is 0 Å². The predicted molar refractivity (Wildman–Crippen MR) is 126 cm³/mol. The van der Waals surface area contributed by atoms with Gasteiger partial charge in [-0.1, -0.05) is 30.3 Å². The van der Waals surface area contributed by atoms with E-state index >= 15 is 0 Å². The fraction of sp³-hybridized carbons (Fsp3) is 0.375. The van der Waals surface area contributed by atoms with E-state index in [0.717, 1.165) is 9.87 Å². The van der Waals surface area contributed by atoms with Crippen LogP contribution in [0.5, 0.6) is 5.75 Å². The zero-order valence-electron chi connectivity index (χ0n) is 19.2. The number of carbonyl (C=O) groups is 1. The number of amides is 1. The molecule has 2 aromatic carbocycles. The minimum Gasteiger partial charge on any atom is -0.497 e. The number of benzene rings is 2. The van der Waals surface area contributed by atoms with Crippen molar-refractivity contribution in [2.45, 2.75) is 23.5 Å². The molecule has 1 aliphatic heterocycles. The van der Waals surface area contributed by atoms with Gasteiger partial charge in [0.25, 0.3) is 5.91 Å². The van der Waals surface area contributed by atoms with Gasteiger partial charge < -0.3 is 24.6 Å². The minimum absolute atomic E-state index is 0.00378. The number of ether oxygens (including phenoxy) is 3. The van der Waals surface area contributed by atoms with E-state index in [1.54, 1.807) is 18.2 Å². The van der Waals surface area contributed by atoms with Crippen LogP contribution in [-0.2, 0) is 24.3 Å². The summed E-state index contributed by atoms with van der Waals surface area (Å²) in [5, 5.41) is 12.0. The summed E-state index contributed by atoms with van der Waals surface area (Å²) in [6.07, 6.45) is 1.50. The van der Waals surface area contributed by atoms with Gasteiger partial charge in [0.2, 0.25) is 16.3 Å². The molecule has 34 heavy (non-hydrogen) atoms. The summed E-state index contributed by atoms with van der Waals surface area (Å²) in [5.74, 6) is 0.242. The molecule has 0 aromatic heterocycles. The Morgan fingerprint density at radius 3 is 2.47 bits per heavy atom. The van der Waals surface area contributed by atoms with E-state index in [9.17, 15) is 18.3 Å². The van der Waals surface area contributed by atoms with E-state index in [1.165, 1.54) is 26.3 Å². The molecule has 1 aliphatic rings. The lowest BCUT2D eigenvalue weighted by Gasteiger charge is -2.30. The largest absolute Gasteiger partial charge is 0.497 e. The first-order chi connectivity index (χ1) is 16.4. The molecular formula is C24H30N2O7S. The maximum Gasteiger partial charge on any atom is 0.285 e. The number of aliphatic hydroxyl groups excluding tert-OH is 1. The second-order valence-corrected chi connectivity index (χ2v) is 9.52. The molecule has 2 atom stereocenters. The third-order valence-corrected chi connectivity index (χ3v) is 7.34. The van der Waals surface area contributed by atoms with Crippen molar-refractivity contribution in [3.05, 3.63) is 72.0 Å². The van der Waals surface area contributed by atoms with Crippen LogP contribution in [0.15, 0.2) is 71.3 Å². The molecule has 2 N–H and O–H groups in total. The first kappa shape index (κ1) is 25.7. The van der Waals surface area contributed by atoms with Crippen LogP contribution >= 0.6 is 0 Å². The Morgan fingerprint density at radius 1 is 1.15 bits per heavy atom. The summed E-state index contributed by atoms with van der Waals surface area (Å²) in [4.78, 5) is 12.3. The van der Waals surface area contributed by atoms with Crippen molar-refractivity contribution in [1.82, 2.24) is 9.62 Å². The number of sulfonamides is 1. The quantitative estimate of drug-likeness (QED) is 0.494. The van der Waals surface area contributed by atoms with E-state index in [1.807, 2.05) is 30.3 Å². The number of nitrogens with one attached hydrogen (secondary N) is 1. The minimum atomic E-state index is -3.85. The number of hydrogen-bond donors (Lipinski definition) is 2. The molecule has 0 fully saturated rings. The van der Waals surface area contributed by atoms with Gasteiger partial charge in [-0.2, -0.15) is 4.31 Å². The van der Waals surface area contributed by atoms with Crippen molar-refractivity contribution in [2.75, 3.05) is 40.5 Å². The number of hydrogen-bond acceptors (Lipinski definition) is 7. The molecule has 1 heterocycles. The fourth-order valence-electron chi connectivity index (χ4n) is 3.62. The smallest absolute Gasteiger partial charge is 0.285 e. The monoisotopic (exact) mass is 490 g/mol. The SMILES string of the molecule is CNC(=O)C1=C[C@@H](c2ccccc2)C[C@@H](OCCN(CCO)S(=O)(=O)c2ccc(OC)cc2)O1. The molecule has 2 aromatic rings. The van der Waals surface area contributed by atoms with Gasteiger partial charge in [0, 0.05) is 32.5 Å². The Kier molecular flexibility index (Phi) is 9.05. The third-order valence-electron chi connectivity index (χ3n) is 5.43. The van der Waals surface area contributed by atoms with Crippen molar-refractivity contribution >= 4 is 15.9 Å². The number of allylic oxidation sites excluding steroid dienone is 1. The summed E-state index contributed by atoms with van der Waals surface area (Å²) in [6, 6.07) is 15.7. The van der Waals surface area contributed by atoms with E-state index in [4.69, 9.17) is 14.2 Å². The second-order valence-electron chi connectivity index (χ2n) is 7.58. The molecular weight excluding hydrogens is 460 g/mol. The van der Waals surface area contributed by atoms with Gasteiger partial charge in [0.1, 0.15) is 5.75 Å². The van der Waals surface area contributed by atoms with E-state index in [2.05, 4.69) is 5.32 Å². The van der Waals surface area contributed by atoms with Crippen molar-refractivity contribution < 1.29 is 32.5 Å². The number of carbonyl (C=O) groups excluding carboxylic acids is 1. The fourth-order valence-corrected chi connectivity index (χ4v) is 5.04. The zero-order valence-corrected chi connectivity index (χ0v) is 20.0. The van der Waals surface area contributed by atoms with Gasteiger partial charge in [-0.05, 0) is 35.9 Å². The molecule has 9 nitrogen and oxygen atoms in total. The van der Waals surface area contributed by atoms with Gasteiger partial charge in [-0.25, -0.2) is 8.42 Å². The molecule has 184 valence electrons. The Hall–Kier alpha value is -2.92. The molecule has 0 radical (unpaired) electrons. The zero-order chi connectivity index (χ0) is 24.6. The maximum absolute atomic E-state index is 13.0. The summed E-state index contributed by atoms with van der Waals surface area (Å²) in [7, 11) is -0.833. The first-order valence-corrected chi connectivity index (χ1v) is 12.3. The Bertz CT molecular complexity index is 1070. The highest BCUT2D eigenvalue weighted by atomic mass is 32.2. The van der Waals surface area contributed by atoms with Crippen LogP contribution in [-0.4, -0.2) is 70.5 Å². The predicted octanol–water partition coefficient (Wildman–Crippen LogP) is 1.85. The highest BCUT2D eigenvalue weighted by Gasteiger charge is 2.29. The summed E-state index contributed by atoms with van der Waals surface area (Å²) in [5.41, 5.74) is 1.02. The average molecular weight is 491 g/mol. The van der Waals surface area contributed by atoms with Gasteiger partial charge in [0.15, 0.2) is 5.76 Å². The van der Waals surface area contributed by atoms with Crippen LogP contribution in [0.3, 0.4) is 0 Å². The summed E-state index contributed by atoms with van der Waals surface area (Å²) >= 11 is 0. The number of aliphatic hydroxyl groups is 1. The van der Waals surface area contributed by atoms with E-state index < -0.39 is 16.3 Å². The Morgan fingerprint density at radius 2 is 1.85 bits per heavy atom. The lowest BCUT2D eigenvalue weighted by atomic mass is 9.93. The van der Waals surface area contributed by atoms with Crippen molar-refractivity contribution in [3.8, 4) is 5.75 Å². The molecule has 1 amide bonds. The van der Waals surface area contributed by atoms with Crippen molar-refractivity contribution in [1.29, 1.82) is 0 Å². The lowest BCUT2D eigenvalue weighted by molar-refractivity contribution is -0.146. The van der Waals surface area contributed by atoms with Crippen molar-refractivity contribution in [3.63, 3.8) is 0 Å². The van der Waals surface area contributed by atoms with Crippen LogP contribution in [0.2, 0.25) is 0 Å². The summed E-state index contributed by atoms with van der Waals surface area (Å²) in [6.45, 7) is -0.402. The molecule has 0 unspecified atom stereocenters. The van der Waals surface area contributed by atoms with Crippen LogP contribution in [0.25, 0.3) is 0 Å². The van der Waals surface area contributed by atoms with Crippen molar-refractivity contribution in [2.24, 2.45) is 0 Å². The number of rotatable bonds is 11. The second kappa shape index (κ2) is 12.0. The summed E-state index contributed by atoms with van der Waals surface area (Å²) < 4.78 is 43.9. The van der Waals surface area contributed by atoms with Gasteiger partial charge >= 0.3 is 0 Å². The Balaban J connectivity index is 1.68. The topological polar surface area (TPSA) is 114 Å². The standard InChI is InChI=1S/C24H30N2O7S/c1-25-24(28)22-16-19(18-6-4-3-5-7-18)17-23(33-22)32-15-13-26(12-14-27)34(29,30)21-10-8-20(31-2)9-11-21/h3-11,16,19,23,27H,12-15,17H2,1-2H3,(H,25,28)/t19-,23+/m1/s1. The first-order valence-electron chi connectivity index (χ1n) is 10.9. The Labute approximate surface area is 200 Å². The van der Waals surface area contributed by atoms with Crippen LogP contribution in [0.1, 0.15) is 17.9 Å². The molecule has 10 heteroatoms. The number of methoxy groups -OCH3 is 1. The molecule has 3 rings (SSSR count). The lowest BCUT2D eigenvalue weighted by Crippen LogP contribution is -2.38. The van der Waals surface area contributed by atoms with Gasteiger partial charge in [-0.3, -0.25) is 4.79 Å². The number of likely N-dealkylation sites (N-methyl/N-ethyl adjacent to an activating group) is 1. The average Bonchev–Trinajstić information content (AvgIpc) is 2.88. The van der Waals surface area contributed by atoms with Crippen LogP contribution < -0.4 is 10.1 Å². The van der Waals surface area contributed by atoms with E-state index in [0.29, 0.717) is 12.2 Å². The molecule has 0 spiro atoms. The van der Waals surface area contributed by atoms with Gasteiger partial charge in [-0.15, -0.1) is 0 Å². The molecule has 0 saturated carbocycles. The maximum atomic E-state index is 13.0. The van der Waals surface area contributed by atoms with E-state index in [-0.39, 0.29) is 48.8 Å². The highest BCUT2D eigenvalue weighted by Crippen LogP contribution is 2.31. The van der Waals surface area contributed by atoms with Crippen LogP contribution in [0, 0.1) is 0 Å². The molecule has 0 saturated heterocycles. The van der Waals surface area contributed by atoms with Gasteiger partial charge in [0.05, 0.1) is 25.2 Å².